The Morgan fingerprint density at radius 3 is 2.04 bits per heavy atom. The minimum absolute atomic E-state index is 0.315. The Morgan fingerprint density at radius 1 is 0.840 bits per heavy atom. The number of aldehydes is 1. The largest absolute Gasteiger partial charge is 0.465 e. The van der Waals surface area contributed by atoms with E-state index in [9.17, 15) is 14.4 Å². The Balaban J connectivity index is 2.84. The molecular weight excluding hydrogens is 320 g/mol. The minimum atomic E-state index is -0.522. The van der Waals surface area contributed by atoms with E-state index >= 15 is 0 Å². The number of carbonyl (C=O) groups excluding carboxylic acids is 3. The second-order valence-electron chi connectivity index (χ2n) is 5.24. The second-order valence-corrected chi connectivity index (χ2v) is 5.24. The summed E-state index contributed by atoms with van der Waals surface area (Å²) in [6, 6.07) is 12.0. The first-order valence-electron chi connectivity index (χ1n) is 7.56. The Hall–Kier alpha value is -3.21. The van der Waals surface area contributed by atoms with Crippen LogP contribution >= 0.6 is 0 Å². The number of hydrogen-bond donors (Lipinski definition) is 0. The van der Waals surface area contributed by atoms with Gasteiger partial charge in [-0.05, 0) is 47.4 Å². The molecule has 0 fully saturated rings. The fourth-order valence-electron chi connectivity index (χ4n) is 2.67. The van der Waals surface area contributed by atoms with Crippen molar-refractivity contribution in [3.63, 3.8) is 0 Å². The molecule has 25 heavy (non-hydrogen) atoms. The highest BCUT2D eigenvalue weighted by molar-refractivity contribution is 6.04. The molecule has 0 atom stereocenters. The Labute approximate surface area is 145 Å². The van der Waals surface area contributed by atoms with E-state index in [1.165, 1.54) is 20.3 Å². The van der Waals surface area contributed by atoms with Gasteiger partial charge >= 0.3 is 11.9 Å². The van der Waals surface area contributed by atoms with Crippen molar-refractivity contribution >= 4 is 23.8 Å². The van der Waals surface area contributed by atoms with Crippen LogP contribution in [-0.2, 0) is 14.3 Å². The first-order valence-corrected chi connectivity index (χ1v) is 7.56. The van der Waals surface area contributed by atoms with Gasteiger partial charge in [0.05, 0.1) is 25.3 Å². The summed E-state index contributed by atoms with van der Waals surface area (Å²) in [5.74, 6) is -1.01. The minimum Gasteiger partial charge on any atom is -0.465 e. The Morgan fingerprint density at radius 2 is 1.40 bits per heavy atom. The third-order valence-electron chi connectivity index (χ3n) is 3.80. The fourth-order valence-corrected chi connectivity index (χ4v) is 2.67. The van der Waals surface area contributed by atoms with E-state index in [1.807, 2.05) is 0 Å². The molecule has 0 aliphatic rings. The maximum absolute atomic E-state index is 12.2. The number of ether oxygens (including phenoxy) is 2. The van der Waals surface area contributed by atoms with Crippen molar-refractivity contribution < 1.29 is 23.9 Å². The molecule has 0 saturated heterocycles. The van der Waals surface area contributed by atoms with Gasteiger partial charge in [0.25, 0.3) is 0 Å². The Kier molecular flexibility index (Phi) is 5.84. The summed E-state index contributed by atoms with van der Waals surface area (Å²) in [5, 5.41) is 0. The van der Waals surface area contributed by atoms with Crippen LogP contribution in [0.1, 0.15) is 33.2 Å². The van der Waals surface area contributed by atoms with Crippen LogP contribution in [0.25, 0.3) is 16.7 Å². The topological polar surface area (TPSA) is 69.7 Å². The van der Waals surface area contributed by atoms with E-state index in [-0.39, 0.29) is 0 Å². The highest BCUT2D eigenvalue weighted by Gasteiger charge is 2.21. The molecule has 0 aliphatic carbocycles. The van der Waals surface area contributed by atoms with E-state index in [1.54, 1.807) is 49.4 Å². The van der Waals surface area contributed by atoms with Gasteiger partial charge in [0.1, 0.15) is 6.29 Å². The molecule has 0 aromatic heterocycles. The maximum Gasteiger partial charge on any atom is 0.338 e. The van der Waals surface area contributed by atoms with Crippen LogP contribution in [0.5, 0.6) is 0 Å². The fraction of sp³-hybridized carbons (Fsp3) is 0.150. The molecule has 2 aromatic carbocycles. The predicted octanol–water partition coefficient (Wildman–Crippen LogP) is 3.53. The molecule has 0 saturated carbocycles. The summed E-state index contributed by atoms with van der Waals surface area (Å²) >= 11 is 0. The third kappa shape index (κ3) is 3.66. The lowest BCUT2D eigenvalue weighted by atomic mass is 9.88. The molecule has 5 heteroatoms. The van der Waals surface area contributed by atoms with E-state index in [0.29, 0.717) is 39.7 Å². The quantitative estimate of drug-likeness (QED) is 0.474. The van der Waals surface area contributed by atoms with Gasteiger partial charge in [0.2, 0.25) is 0 Å². The van der Waals surface area contributed by atoms with Crippen molar-refractivity contribution in [2.24, 2.45) is 0 Å². The molecule has 128 valence electrons. The molecule has 0 spiro atoms. The van der Waals surface area contributed by atoms with E-state index in [2.05, 4.69) is 0 Å². The SMILES string of the molecule is COC(=O)c1ccccc1-c1cccc(C(=O)OC)c1/C(C)=C/C=O. The number of carbonyl (C=O) groups is 3. The van der Waals surface area contributed by atoms with Crippen molar-refractivity contribution in [1.82, 2.24) is 0 Å². The molecular formula is C20H18O5. The number of rotatable bonds is 5. The molecule has 2 rings (SSSR count). The van der Waals surface area contributed by atoms with Gasteiger partial charge in [-0.25, -0.2) is 9.59 Å². The normalized spacial score (nSPS) is 10.9. The highest BCUT2D eigenvalue weighted by Crippen LogP contribution is 2.34. The summed E-state index contributed by atoms with van der Waals surface area (Å²) in [6.45, 7) is 1.72. The van der Waals surface area contributed by atoms with E-state index in [4.69, 9.17) is 9.47 Å². The lowest BCUT2D eigenvalue weighted by Crippen LogP contribution is -2.08. The van der Waals surface area contributed by atoms with Crippen molar-refractivity contribution in [3.8, 4) is 11.1 Å². The van der Waals surface area contributed by atoms with Gasteiger partial charge < -0.3 is 9.47 Å². The van der Waals surface area contributed by atoms with Gasteiger partial charge in [-0.3, -0.25) is 4.79 Å². The zero-order chi connectivity index (χ0) is 18.4. The molecule has 0 amide bonds. The zero-order valence-corrected chi connectivity index (χ0v) is 14.2. The van der Waals surface area contributed by atoms with E-state index < -0.39 is 11.9 Å². The number of esters is 2. The van der Waals surface area contributed by atoms with Crippen LogP contribution < -0.4 is 0 Å². The first kappa shape index (κ1) is 18.1. The predicted molar refractivity (Wildman–Crippen MR) is 94.3 cm³/mol. The lowest BCUT2D eigenvalue weighted by Gasteiger charge is -2.16. The maximum atomic E-state index is 12.2. The van der Waals surface area contributed by atoms with Crippen molar-refractivity contribution in [2.75, 3.05) is 14.2 Å². The third-order valence-corrected chi connectivity index (χ3v) is 3.80. The summed E-state index contributed by atoms with van der Waals surface area (Å²) in [4.78, 5) is 35.2. The molecule has 0 bridgehead atoms. The number of benzene rings is 2. The smallest absolute Gasteiger partial charge is 0.338 e. The number of allylic oxidation sites excluding steroid dienone is 2. The van der Waals surface area contributed by atoms with Gasteiger partial charge in [0, 0.05) is 0 Å². The van der Waals surface area contributed by atoms with Crippen LogP contribution in [0, 0.1) is 0 Å². The molecule has 0 N–H and O–H groups in total. The summed E-state index contributed by atoms with van der Waals surface area (Å²) in [6.07, 6.45) is 2.02. The molecule has 0 aliphatic heterocycles. The first-order chi connectivity index (χ1) is 12.0. The molecule has 2 aromatic rings. The van der Waals surface area contributed by atoms with Crippen molar-refractivity contribution in [3.05, 3.63) is 65.2 Å². The van der Waals surface area contributed by atoms with Gasteiger partial charge in [0.15, 0.2) is 0 Å². The van der Waals surface area contributed by atoms with Crippen LogP contribution in [0.4, 0.5) is 0 Å². The van der Waals surface area contributed by atoms with Gasteiger partial charge in [-0.1, -0.05) is 30.3 Å². The van der Waals surface area contributed by atoms with Crippen LogP contribution in [-0.4, -0.2) is 32.4 Å². The molecule has 0 radical (unpaired) electrons. The number of hydrogen-bond acceptors (Lipinski definition) is 5. The molecule has 5 nitrogen and oxygen atoms in total. The highest BCUT2D eigenvalue weighted by atomic mass is 16.5. The van der Waals surface area contributed by atoms with Crippen molar-refractivity contribution in [1.29, 1.82) is 0 Å². The lowest BCUT2D eigenvalue weighted by molar-refractivity contribution is -0.104. The molecule has 0 unspecified atom stereocenters. The summed E-state index contributed by atoms with van der Waals surface area (Å²) in [5.41, 5.74) is 3.05. The Bertz CT molecular complexity index is 849. The van der Waals surface area contributed by atoms with Crippen LogP contribution in [0.2, 0.25) is 0 Å². The number of methoxy groups -OCH3 is 2. The standard InChI is InChI=1S/C20H18O5/c1-13(11-12-21)18-15(9-6-10-17(18)20(23)25-3)14-7-4-5-8-16(14)19(22)24-2/h4-12H,1-3H3/b13-11+. The average Bonchev–Trinajstić information content (AvgIpc) is 2.66. The van der Waals surface area contributed by atoms with Crippen LogP contribution in [0.15, 0.2) is 48.5 Å². The van der Waals surface area contributed by atoms with Crippen LogP contribution in [0.3, 0.4) is 0 Å². The summed E-state index contributed by atoms with van der Waals surface area (Å²) < 4.78 is 9.69. The average molecular weight is 338 g/mol. The molecule has 0 heterocycles. The summed E-state index contributed by atoms with van der Waals surface area (Å²) in [7, 11) is 2.60. The monoisotopic (exact) mass is 338 g/mol. The van der Waals surface area contributed by atoms with Gasteiger partial charge in [-0.2, -0.15) is 0 Å². The van der Waals surface area contributed by atoms with E-state index in [0.717, 1.165) is 0 Å². The van der Waals surface area contributed by atoms with Crippen molar-refractivity contribution in [2.45, 2.75) is 6.92 Å². The zero-order valence-electron chi connectivity index (χ0n) is 14.2. The second kappa shape index (κ2) is 8.06. The van der Waals surface area contributed by atoms with Gasteiger partial charge in [-0.15, -0.1) is 0 Å².